The van der Waals surface area contributed by atoms with Gasteiger partial charge in [-0.05, 0) is 37.1 Å². The minimum absolute atomic E-state index is 0.142. The molecular formula is C29H26ClN5O6. The molecule has 0 radical (unpaired) electrons. The van der Waals surface area contributed by atoms with Gasteiger partial charge in [-0.25, -0.2) is 14.8 Å². The Morgan fingerprint density at radius 2 is 1.90 bits per heavy atom. The number of piperidine rings is 1. The molecule has 2 fully saturated rings. The number of carbonyl (C=O) groups is 3. The number of nitrogens with one attached hydrogen (secondary N) is 2. The van der Waals surface area contributed by atoms with E-state index < -0.39 is 18.2 Å². The number of methoxy groups -OCH3 is 1. The van der Waals surface area contributed by atoms with Crippen molar-refractivity contribution in [2.75, 3.05) is 25.5 Å². The van der Waals surface area contributed by atoms with Crippen LogP contribution in [0.4, 0.5) is 5.82 Å². The Morgan fingerprint density at radius 3 is 2.68 bits per heavy atom. The number of ether oxygens (including phenoxy) is 3. The van der Waals surface area contributed by atoms with Crippen LogP contribution in [0.3, 0.4) is 0 Å². The van der Waals surface area contributed by atoms with E-state index in [1.807, 2.05) is 30.3 Å². The van der Waals surface area contributed by atoms with Crippen molar-refractivity contribution in [2.24, 2.45) is 0 Å². The highest BCUT2D eigenvalue weighted by molar-refractivity contribution is 6.35. The number of fused-ring (bicyclic) bond motifs is 1. The number of aromatic amines is 1. The average molecular weight is 576 g/mol. The van der Waals surface area contributed by atoms with Crippen LogP contribution in [0, 0.1) is 0 Å². The Balaban J connectivity index is 1.20. The van der Waals surface area contributed by atoms with Crippen LogP contribution < -0.4 is 10.1 Å². The molecule has 2 N–H and O–H groups in total. The van der Waals surface area contributed by atoms with Gasteiger partial charge in [0, 0.05) is 37.0 Å². The topological polar surface area (TPSA) is 139 Å². The number of nitrogens with zero attached hydrogens (tertiary/aromatic N) is 3. The molecule has 2 aromatic carbocycles. The number of halogens is 1. The first-order valence-electron chi connectivity index (χ1n) is 13.1. The quantitative estimate of drug-likeness (QED) is 0.181. The Hall–Kier alpha value is -4.48. The van der Waals surface area contributed by atoms with E-state index in [-0.39, 0.29) is 22.8 Å². The SMILES string of the molecule is COC(=O)C1OC1C(=O)N1CCCC(Nc2ncnc3[nH]cc(C(=O)c4ccc(Oc5ccccc5)cc4Cl)c23)C1. The summed E-state index contributed by atoms with van der Waals surface area (Å²) in [6.45, 7) is 0.945. The first-order valence-corrected chi connectivity index (χ1v) is 13.5. The molecule has 0 saturated carbocycles. The van der Waals surface area contributed by atoms with Crippen molar-refractivity contribution in [3.05, 3.63) is 77.2 Å². The smallest absolute Gasteiger partial charge is 0.338 e. The van der Waals surface area contributed by atoms with Gasteiger partial charge in [-0.3, -0.25) is 9.59 Å². The van der Waals surface area contributed by atoms with E-state index in [0.717, 1.165) is 12.8 Å². The summed E-state index contributed by atoms with van der Waals surface area (Å²) in [5, 5.41) is 4.17. The maximum Gasteiger partial charge on any atom is 0.338 e. The molecular weight excluding hydrogens is 550 g/mol. The van der Waals surface area contributed by atoms with E-state index in [4.69, 9.17) is 21.1 Å². The fraction of sp³-hybridized carbons (Fsp3) is 0.276. The Bertz CT molecular complexity index is 1630. The van der Waals surface area contributed by atoms with Gasteiger partial charge in [0.2, 0.25) is 0 Å². The average Bonchev–Trinajstić information content (AvgIpc) is 3.67. The predicted molar refractivity (Wildman–Crippen MR) is 149 cm³/mol. The molecule has 0 aliphatic carbocycles. The molecule has 210 valence electrons. The molecule has 2 aromatic heterocycles. The van der Waals surface area contributed by atoms with E-state index in [9.17, 15) is 14.4 Å². The molecule has 0 bridgehead atoms. The summed E-state index contributed by atoms with van der Waals surface area (Å²) < 4.78 is 15.8. The van der Waals surface area contributed by atoms with Gasteiger partial charge in [0.15, 0.2) is 18.0 Å². The molecule has 11 nitrogen and oxygen atoms in total. The fourth-order valence-electron chi connectivity index (χ4n) is 5.03. The van der Waals surface area contributed by atoms with Crippen molar-refractivity contribution in [1.29, 1.82) is 0 Å². The van der Waals surface area contributed by atoms with Crippen LogP contribution >= 0.6 is 11.6 Å². The number of carbonyl (C=O) groups excluding carboxylic acids is 3. The minimum Gasteiger partial charge on any atom is -0.467 e. The van der Waals surface area contributed by atoms with Crippen molar-refractivity contribution < 1.29 is 28.6 Å². The summed E-state index contributed by atoms with van der Waals surface area (Å²) in [7, 11) is 1.26. The van der Waals surface area contributed by atoms with Gasteiger partial charge in [-0.1, -0.05) is 29.8 Å². The van der Waals surface area contributed by atoms with Gasteiger partial charge in [0.05, 0.1) is 23.1 Å². The maximum absolute atomic E-state index is 13.7. The lowest BCUT2D eigenvalue weighted by Crippen LogP contribution is -2.47. The molecule has 1 amide bonds. The number of rotatable bonds is 8. The summed E-state index contributed by atoms with van der Waals surface area (Å²) >= 11 is 6.53. The third kappa shape index (κ3) is 5.46. The van der Waals surface area contributed by atoms with E-state index in [1.54, 1.807) is 29.3 Å². The number of likely N-dealkylation sites (tertiary alicyclic amines) is 1. The summed E-state index contributed by atoms with van der Waals surface area (Å²) in [4.78, 5) is 51.7. The van der Waals surface area contributed by atoms with Crippen LogP contribution in [0.5, 0.6) is 11.5 Å². The van der Waals surface area contributed by atoms with E-state index >= 15 is 0 Å². The minimum atomic E-state index is -0.846. The third-order valence-corrected chi connectivity index (χ3v) is 7.43. The van der Waals surface area contributed by atoms with Crippen LogP contribution in [0.25, 0.3) is 11.0 Å². The summed E-state index contributed by atoms with van der Waals surface area (Å²) in [6.07, 6.45) is 2.87. The molecule has 4 heterocycles. The van der Waals surface area contributed by atoms with Gasteiger partial charge in [-0.15, -0.1) is 0 Å². The largest absolute Gasteiger partial charge is 0.467 e. The summed E-state index contributed by atoms with van der Waals surface area (Å²) in [5.74, 6) is 0.532. The predicted octanol–water partition coefficient (Wildman–Crippen LogP) is 3.98. The number of hydrogen-bond donors (Lipinski definition) is 2. The number of epoxide rings is 1. The molecule has 2 aliphatic rings. The summed E-state index contributed by atoms with van der Waals surface area (Å²) in [5.41, 5.74) is 1.15. The zero-order valence-corrected chi connectivity index (χ0v) is 22.8. The molecule has 4 aromatic rings. The zero-order chi connectivity index (χ0) is 28.5. The van der Waals surface area contributed by atoms with Crippen LogP contribution in [0.1, 0.15) is 28.8 Å². The van der Waals surface area contributed by atoms with Crippen LogP contribution in [-0.2, 0) is 19.1 Å². The molecule has 0 spiro atoms. The van der Waals surface area contributed by atoms with E-state index in [2.05, 4.69) is 25.0 Å². The number of ketones is 1. The van der Waals surface area contributed by atoms with E-state index in [1.165, 1.54) is 13.4 Å². The van der Waals surface area contributed by atoms with Crippen LogP contribution in [0.2, 0.25) is 5.02 Å². The Kier molecular flexibility index (Phi) is 7.29. The normalized spacial score (nSPS) is 20.0. The number of para-hydroxylation sites is 1. The third-order valence-electron chi connectivity index (χ3n) is 7.12. The van der Waals surface area contributed by atoms with Crippen LogP contribution in [-0.4, -0.2) is 76.0 Å². The molecule has 41 heavy (non-hydrogen) atoms. The number of benzene rings is 2. The number of hydrogen-bond acceptors (Lipinski definition) is 9. The maximum atomic E-state index is 13.7. The molecule has 2 saturated heterocycles. The zero-order valence-electron chi connectivity index (χ0n) is 22.0. The molecule has 3 unspecified atom stereocenters. The van der Waals surface area contributed by atoms with Crippen molar-refractivity contribution in [1.82, 2.24) is 19.9 Å². The number of aromatic nitrogens is 3. The molecule has 6 rings (SSSR count). The van der Waals surface area contributed by atoms with Crippen molar-refractivity contribution >= 4 is 46.1 Å². The second kappa shape index (κ2) is 11.2. The molecule has 3 atom stereocenters. The highest BCUT2D eigenvalue weighted by Crippen LogP contribution is 2.32. The van der Waals surface area contributed by atoms with Gasteiger partial charge in [0.1, 0.15) is 29.3 Å². The monoisotopic (exact) mass is 575 g/mol. The highest BCUT2D eigenvalue weighted by Gasteiger charge is 2.53. The van der Waals surface area contributed by atoms with Gasteiger partial charge < -0.3 is 29.4 Å². The van der Waals surface area contributed by atoms with Gasteiger partial charge in [-0.2, -0.15) is 0 Å². The lowest BCUT2D eigenvalue weighted by molar-refractivity contribution is -0.142. The molecule has 12 heteroatoms. The van der Waals surface area contributed by atoms with Gasteiger partial charge in [0.25, 0.3) is 5.91 Å². The Labute approximate surface area is 239 Å². The number of H-pyrrole nitrogens is 1. The summed E-state index contributed by atoms with van der Waals surface area (Å²) in [6, 6.07) is 14.1. The lowest BCUT2D eigenvalue weighted by Gasteiger charge is -2.33. The van der Waals surface area contributed by atoms with Crippen molar-refractivity contribution in [3.63, 3.8) is 0 Å². The van der Waals surface area contributed by atoms with Crippen molar-refractivity contribution in [3.8, 4) is 11.5 Å². The van der Waals surface area contributed by atoms with Crippen molar-refractivity contribution in [2.45, 2.75) is 31.1 Å². The van der Waals surface area contributed by atoms with Gasteiger partial charge >= 0.3 is 5.97 Å². The Morgan fingerprint density at radius 1 is 1.07 bits per heavy atom. The standard InChI is InChI=1S/C29H26ClN5O6/c1-39-29(38)25-24(41-25)28(37)35-11-5-6-16(14-35)34-27-22-20(13-31-26(22)32-15-33-27)23(36)19-10-9-18(12-21(19)30)40-17-7-3-2-4-8-17/h2-4,7-10,12-13,15-16,24-25H,5-6,11,14H2,1H3,(H2,31,32,33,34). The lowest BCUT2D eigenvalue weighted by atomic mass is 10.0. The first kappa shape index (κ1) is 26.7. The first-order chi connectivity index (χ1) is 19.9. The van der Waals surface area contributed by atoms with E-state index in [0.29, 0.717) is 52.6 Å². The fourth-order valence-corrected chi connectivity index (χ4v) is 5.28. The second-order valence-corrected chi connectivity index (χ2v) is 10.2. The second-order valence-electron chi connectivity index (χ2n) is 9.80. The van der Waals surface area contributed by atoms with Crippen LogP contribution in [0.15, 0.2) is 61.1 Å². The number of esters is 1. The highest BCUT2D eigenvalue weighted by atomic mass is 35.5. The molecule has 2 aliphatic heterocycles. The number of anilines is 1. The number of amides is 1.